The Morgan fingerprint density at radius 2 is 2.00 bits per heavy atom. The average molecular weight is 281 g/mol. The first-order valence-electron chi connectivity index (χ1n) is 5.76. The zero-order valence-corrected chi connectivity index (χ0v) is 11.7. The Balaban J connectivity index is 0.00000180. The lowest BCUT2D eigenvalue weighted by atomic mass is 10.0. The third-order valence-corrected chi connectivity index (χ3v) is 2.71. The van der Waals surface area contributed by atoms with Crippen molar-refractivity contribution in [2.24, 2.45) is 5.73 Å². The Labute approximate surface area is 118 Å². The van der Waals surface area contributed by atoms with E-state index in [1.807, 2.05) is 19.9 Å². The predicted molar refractivity (Wildman–Crippen MR) is 77.4 cm³/mol. The molecule has 6 heteroatoms. The lowest BCUT2D eigenvalue weighted by molar-refractivity contribution is 0.0917. The van der Waals surface area contributed by atoms with Gasteiger partial charge >= 0.3 is 0 Å². The van der Waals surface area contributed by atoms with Crippen molar-refractivity contribution in [3.05, 3.63) is 36.2 Å². The number of nitrogens with zero attached hydrogens (tertiary/aromatic N) is 2. The van der Waals surface area contributed by atoms with Crippen molar-refractivity contribution < 1.29 is 4.79 Å². The fraction of sp³-hybridized carbons (Fsp3) is 0.308. The van der Waals surface area contributed by atoms with Crippen LogP contribution < -0.4 is 11.1 Å². The van der Waals surface area contributed by atoms with E-state index in [0.717, 1.165) is 0 Å². The van der Waals surface area contributed by atoms with Crippen LogP contribution in [0.15, 0.2) is 30.6 Å². The number of aromatic nitrogens is 2. The van der Waals surface area contributed by atoms with Gasteiger partial charge in [0.05, 0.1) is 11.1 Å². The van der Waals surface area contributed by atoms with Crippen LogP contribution in [0.4, 0.5) is 0 Å². The molecule has 3 N–H and O–H groups in total. The summed E-state index contributed by atoms with van der Waals surface area (Å²) in [6, 6.07) is 5.35. The first-order valence-corrected chi connectivity index (χ1v) is 5.76. The highest BCUT2D eigenvalue weighted by molar-refractivity contribution is 6.04. The number of para-hydroxylation sites is 1. The molecular weight excluding hydrogens is 264 g/mol. The van der Waals surface area contributed by atoms with Crippen LogP contribution in [0.25, 0.3) is 11.0 Å². The van der Waals surface area contributed by atoms with Crippen molar-refractivity contribution in [3.63, 3.8) is 0 Å². The second-order valence-electron chi connectivity index (χ2n) is 4.77. The second-order valence-corrected chi connectivity index (χ2v) is 4.77. The van der Waals surface area contributed by atoms with Crippen molar-refractivity contribution in [2.75, 3.05) is 6.54 Å². The maximum absolute atomic E-state index is 12.2. The lowest BCUT2D eigenvalue weighted by Crippen LogP contribution is -2.48. The quantitative estimate of drug-likeness (QED) is 0.893. The Morgan fingerprint density at radius 3 is 2.68 bits per heavy atom. The number of benzene rings is 1. The maximum atomic E-state index is 12.2. The molecule has 2 rings (SSSR count). The van der Waals surface area contributed by atoms with Crippen LogP contribution in [0, 0.1) is 0 Å². The summed E-state index contributed by atoms with van der Waals surface area (Å²) in [4.78, 5) is 20.6. The van der Waals surface area contributed by atoms with E-state index in [0.29, 0.717) is 23.1 Å². The number of carbonyl (C=O) groups excluding carboxylic acids is 1. The fourth-order valence-electron chi connectivity index (χ4n) is 1.60. The highest BCUT2D eigenvalue weighted by atomic mass is 35.5. The van der Waals surface area contributed by atoms with Crippen molar-refractivity contribution in [1.29, 1.82) is 0 Å². The second kappa shape index (κ2) is 5.95. The number of carbonyl (C=O) groups is 1. The number of fused-ring (bicyclic) bond motifs is 1. The normalized spacial score (nSPS) is 10.9. The van der Waals surface area contributed by atoms with Gasteiger partial charge in [-0.2, -0.15) is 0 Å². The number of amides is 1. The molecule has 0 radical (unpaired) electrons. The van der Waals surface area contributed by atoms with Crippen molar-refractivity contribution >= 4 is 29.3 Å². The summed E-state index contributed by atoms with van der Waals surface area (Å²) in [5, 5.41) is 2.88. The van der Waals surface area contributed by atoms with E-state index in [2.05, 4.69) is 15.3 Å². The minimum atomic E-state index is -0.443. The smallest absolute Gasteiger partial charge is 0.254 e. The molecule has 0 spiro atoms. The number of hydrogen-bond acceptors (Lipinski definition) is 4. The molecular formula is C13H17ClN4O. The SMILES string of the molecule is CC(C)(CN)NC(=O)c1cccc2nccnc12.Cl. The lowest BCUT2D eigenvalue weighted by Gasteiger charge is -2.24. The summed E-state index contributed by atoms with van der Waals surface area (Å²) in [6.07, 6.45) is 3.18. The molecule has 1 heterocycles. The maximum Gasteiger partial charge on any atom is 0.254 e. The van der Waals surface area contributed by atoms with Gasteiger partial charge in [-0.1, -0.05) is 6.07 Å². The van der Waals surface area contributed by atoms with Crippen LogP contribution in [0.2, 0.25) is 0 Å². The van der Waals surface area contributed by atoms with Crippen LogP contribution in [0.3, 0.4) is 0 Å². The average Bonchev–Trinajstić information content (AvgIpc) is 2.37. The molecule has 0 saturated carbocycles. The van der Waals surface area contributed by atoms with Crippen molar-refractivity contribution in [3.8, 4) is 0 Å². The molecule has 0 aliphatic carbocycles. The first kappa shape index (κ1) is 15.3. The number of halogens is 1. The van der Waals surface area contributed by atoms with Crippen LogP contribution in [0.1, 0.15) is 24.2 Å². The van der Waals surface area contributed by atoms with E-state index < -0.39 is 5.54 Å². The Kier molecular flexibility index (Phi) is 4.80. The Morgan fingerprint density at radius 1 is 1.32 bits per heavy atom. The van der Waals surface area contributed by atoms with Gasteiger partial charge in [0.25, 0.3) is 5.91 Å². The largest absolute Gasteiger partial charge is 0.346 e. The standard InChI is InChI=1S/C13H16N4O.ClH/c1-13(2,8-14)17-12(18)9-4-3-5-10-11(9)16-7-6-15-10;/h3-7H,8,14H2,1-2H3,(H,17,18);1H. The minimum Gasteiger partial charge on any atom is -0.346 e. The molecule has 2 aromatic rings. The summed E-state index contributed by atoms with van der Waals surface area (Å²) in [5.41, 5.74) is 6.98. The van der Waals surface area contributed by atoms with Crippen LogP contribution in [-0.4, -0.2) is 28.0 Å². The topological polar surface area (TPSA) is 80.9 Å². The molecule has 0 saturated heterocycles. The predicted octanol–water partition coefficient (Wildman–Crippen LogP) is 1.52. The Hall–Kier alpha value is -1.72. The van der Waals surface area contributed by atoms with Gasteiger partial charge in [-0.15, -0.1) is 12.4 Å². The van der Waals surface area contributed by atoms with Crippen LogP contribution in [-0.2, 0) is 0 Å². The molecule has 1 aromatic heterocycles. The summed E-state index contributed by atoms with van der Waals surface area (Å²) in [6.45, 7) is 4.12. The van der Waals surface area contributed by atoms with E-state index in [9.17, 15) is 4.79 Å². The number of rotatable bonds is 3. The number of nitrogens with two attached hydrogens (primary N) is 1. The minimum absolute atomic E-state index is 0. The monoisotopic (exact) mass is 280 g/mol. The zero-order valence-electron chi connectivity index (χ0n) is 10.9. The molecule has 0 aliphatic heterocycles. The van der Waals surface area contributed by atoms with Crippen LogP contribution >= 0.6 is 12.4 Å². The first-order chi connectivity index (χ1) is 8.53. The van der Waals surface area contributed by atoms with Gasteiger partial charge < -0.3 is 11.1 Å². The highest BCUT2D eigenvalue weighted by Gasteiger charge is 2.20. The van der Waals surface area contributed by atoms with E-state index in [1.54, 1.807) is 24.5 Å². The molecule has 0 fully saturated rings. The van der Waals surface area contributed by atoms with Gasteiger partial charge in [0, 0.05) is 24.5 Å². The molecule has 1 aromatic carbocycles. The third kappa shape index (κ3) is 3.39. The van der Waals surface area contributed by atoms with Gasteiger partial charge in [-0.25, -0.2) is 0 Å². The van der Waals surface area contributed by atoms with E-state index in [1.165, 1.54) is 0 Å². The van der Waals surface area contributed by atoms with Gasteiger partial charge in [0.15, 0.2) is 0 Å². The molecule has 19 heavy (non-hydrogen) atoms. The Bertz CT molecular complexity index is 580. The third-order valence-electron chi connectivity index (χ3n) is 2.71. The zero-order chi connectivity index (χ0) is 13.2. The van der Waals surface area contributed by atoms with E-state index in [-0.39, 0.29) is 18.3 Å². The summed E-state index contributed by atoms with van der Waals surface area (Å²) < 4.78 is 0. The highest BCUT2D eigenvalue weighted by Crippen LogP contribution is 2.14. The van der Waals surface area contributed by atoms with Crippen molar-refractivity contribution in [2.45, 2.75) is 19.4 Å². The molecule has 1 amide bonds. The number of nitrogens with one attached hydrogen (secondary N) is 1. The summed E-state index contributed by atoms with van der Waals surface area (Å²) in [5.74, 6) is -0.184. The summed E-state index contributed by atoms with van der Waals surface area (Å²) >= 11 is 0. The van der Waals surface area contributed by atoms with Gasteiger partial charge in [-0.05, 0) is 26.0 Å². The van der Waals surface area contributed by atoms with Gasteiger partial charge in [0.1, 0.15) is 5.52 Å². The van der Waals surface area contributed by atoms with E-state index >= 15 is 0 Å². The molecule has 0 bridgehead atoms. The molecule has 102 valence electrons. The van der Waals surface area contributed by atoms with Crippen LogP contribution in [0.5, 0.6) is 0 Å². The summed E-state index contributed by atoms with van der Waals surface area (Å²) in [7, 11) is 0. The van der Waals surface area contributed by atoms with Gasteiger partial charge in [0.2, 0.25) is 0 Å². The molecule has 0 atom stereocenters. The van der Waals surface area contributed by atoms with Gasteiger partial charge in [-0.3, -0.25) is 14.8 Å². The van der Waals surface area contributed by atoms with E-state index in [4.69, 9.17) is 5.73 Å². The number of hydrogen-bond donors (Lipinski definition) is 2. The fourth-order valence-corrected chi connectivity index (χ4v) is 1.60. The molecule has 5 nitrogen and oxygen atoms in total. The van der Waals surface area contributed by atoms with Crippen molar-refractivity contribution in [1.82, 2.24) is 15.3 Å². The molecule has 0 aliphatic rings. The molecule has 0 unspecified atom stereocenters.